The normalized spacial score (nSPS) is 18.6. The van der Waals surface area contributed by atoms with Gasteiger partial charge in [0, 0.05) is 0 Å². The topological polar surface area (TPSA) is 74.2 Å². The van der Waals surface area contributed by atoms with Crippen molar-refractivity contribution in [3.63, 3.8) is 0 Å². The first kappa shape index (κ1) is 39.1. The van der Waals surface area contributed by atoms with Crippen LogP contribution >= 0.6 is 11.6 Å². The van der Waals surface area contributed by atoms with Gasteiger partial charge >= 0.3 is 72.1 Å². The zero-order valence-corrected chi connectivity index (χ0v) is 17.9. The first-order valence-electron chi connectivity index (χ1n) is 8.16. The second-order valence-corrected chi connectivity index (χ2v) is 7.02. The quantitative estimate of drug-likeness (QED) is 0.166. The van der Waals surface area contributed by atoms with Gasteiger partial charge in [-0.15, -0.1) is 0 Å². The van der Waals surface area contributed by atoms with Crippen LogP contribution in [0.15, 0.2) is 0 Å². The number of carbonyl (C=O) groups is 1. The maximum Gasteiger partial charge on any atom is 0.460 e. The van der Waals surface area contributed by atoms with Crippen molar-refractivity contribution in [2.75, 3.05) is 0 Å². The average Bonchev–Trinajstić information content (AvgIpc) is 2.62. The minimum Gasteiger partial charge on any atom is -0.475 e. The Hall–Kier alpha value is -1.94. The first-order valence-corrected chi connectivity index (χ1v) is 8.54. The number of alkyl halides is 23. The molecule has 0 aromatic rings. The Balaban J connectivity index is 6.60. The summed E-state index contributed by atoms with van der Waals surface area (Å²) in [4.78, 5) is 9.87. The van der Waals surface area contributed by atoms with Crippen molar-refractivity contribution in [1.82, 2.24) is 0 Å². The highest BCUT2D eigenvalue weighted by atomic mass is 35.5. The van der Waals surface area contributed by atoms with Crippen molar-refractivity contribution in [2.45, 2.75) is 66.1 Å². The summed E-state index contributed by atoms with van der Waals surface area (Å²) in [5.41, 5.74) is 0. The smallest absolute Gasteiger partial charge is 0.460 e. The lowest BCUT2D eigenvalue weighted by molar-refractivity contribution is -0.581. The third kappa shape index (κ3) is 7.35. The van der Waals surface area contributed by atoms with Crippen LogP contribution in [0.3, 0.4) is 0 Å². The number of halogens is 23. The molecule has 0 saturated carbocycles. The number of ether oxygens (including phenoxy) is 4. The Kier molecular flexibility index (Phi) is 9.86. The summed E-state index contributed by atoms with van der Waals surface area (Å²) < 4.78 is 291. The van der Waals surface area contributed by atoms with Gasteiger partial charge in [0.05, 0.1) is 0 Å². The van der Waals surface area contributed by atoms with E-state index in [1.807, 2.05) is 0 Å². The lowest BCUT2D eigenvalue weighted by Crippen LogP contribution is -2.67. The van der Waals surface area contributed by atoms with Crippen LogP contribution in [0.25, 0.3) is 0 Å². The van der Waals surface area contributed by atoms with Crippen LogP contribution in [0, 0.1) is 0 Å². The second kappa shape index (κ2) is 10.4. The van der Waals surface area contributed by atoms with Crippen LogP contribution in [0.1, 0.15) is 0 Å². The van der Waals surface area contributed by atoms with Crippen molar-refractivity contribution in [1.29, 1.82) is 0 Å². The Morgan fingerprint density at radius 3 is 1.00 bits per heavy atom. The highest BCUT2D eigenvalue weighted by molar-refractivity contribution is 6.24. The van der Waals surface area contributed by atoms with Gasteiger partial charge in [0.1, 0.15) is 0 Å². The summed E-state index contributed by atoms with van der Waals surface area (Å²) in [6, 6.07) is 0. The highest BCUT2D eigenvalue weighted by Gasteiger charge is 2.85. The van der Waals surface area contributed by atoms with Crippen LogP contribution < -0.4 is 0 Å². The Bertz CT molecular complexity index is 958. The zero-order valence-electron chi connectivity index (χ0n) is 17.2. The van der Waals surface area contributed by atoms with E-state index in [2.05, 4.69) is 11.6 Å². The molecule has 1 N–H and O–H groups in total. The van der Waals surface area contributed by atoms with Gasteiger partial charge in [-0.25, -0.2) is 23.4 Å². The van der Waals surface area contributed by atoms with E-state index >= 15 is 0 Å². The summed E-state index contributed by atoms with van der Waals surface area (Å²) in [5.74, 6) is -12.3. The van der Waals surface area contributed by atoms with Gasteiger partial charge in [-0.05, 0) is 0 Å². The zero-order chi connectivity index (χ0) is 33.9. The van der Waals surface area contributed by atoms with Gasteiger partial charge in [0.15, 0.2) is 0 Å². The molecule has 0 aromatic heterocycles. The van der Waals surface area contributed by atoms with E-state index < -0.39 is 72.1 Å². The van der Waals surface area contributed by atoms with Gasteiger partial charge in [0.25, 0.3) is 0 Å². The predicted molar refractivity (Wildman–Crippen MR) is 72.2 cm³/mol. The van der Waals surface area contributed by atoms with Gasteiger partial charge in [-0.2, -0.15) is 92.2 Å². The second-order valence-electron chi connectivity index (χ2n) is 6.50. The van der Waals surface area contributed by atoms with Crippen molar-refractivity contribution < 1.29 is 125 Å². The maximum absolute atomic E-state index is 13.9. The molecule has 0 aliphatic rings. The monoisotopic (exact) mass is 694 g/mol. The Labute approximate surface area is 210 Å². The maximum atomic E-state index is 13.9. The molecule has 0 aliphatic heterocycles. The van der Waals surface area contributed by atoms with Crippen LogP contribution in [0.2, 0.25) is 0 Å². The number of aliphatic carboxylic acids is 1. The molecule has 0 aromatic carbocycles. The molecular formula is C12HClF22O6. The van der Waals surface area contributed by atoms with E-state index in [-0.39, 0.29) is 0 Å². The van der Waals surface area contributed by atoms with E-state index in [9.17, 15) is 101 Å². The summed E-state index contributed by atoms with van der Waals surface area (Å²) in [6.07, 6.45) is -69.9. The molecule has 6 nitrogen and oxygen atoms in total. The molecule has 0 aliphatic carbocycles. The summed E-state index contributed by atoms with van der Waals surface area (Å²) >= 11 is 3.47. The summed E-state index contributed by atoms with van der Waals surface area (Å²) in [7, 11) is 0. The van der Waals surface area contributed by atoms with Gasteiger partial charge in [-0.1, -0.05) is 11.6 Å². The van der Waals surface area contributed by atoms with E-state index in [0.29, 0.717) is 0 Å². The van der Waals surface area contributed by atoms with Crippen molar-refractivity contribution in [2.24, 2.45) is 0 Å². The Morgan fingerprint density at radius 1 is 0.439 bits per heavy atom. The molecule has 0 bridgehead atoms. The molecule has 0 heterocycles. The lowest BCUT2D eigenvalue weighted by atomic mass is 10.2. The van der Waals surface area contributed by atoms with Crippen molar-refractivity contribution >= 4 is 17.6 Å². The lowest BCUT2D eigenvalue weighted by Gasteiger charge is -2.40. The van der Waals surface area contributed by atoms with Gasteiger partial charge in [-0.3, -0.25) is 4.74 Å². The number of carboxylic acids is 1. The number of carboxylic acid groups (broad SMARTS) is 1. The van der Waals surface area contributed by atoms with Crippen LogP contribution in [0.5, 0.6) is 0 Å². The molecule has 0 radical (unpaired) electrons. The largest absolute Gasteiger partial charge is 0.475 e. The van der Waals surface area contributed by atoms with Gasteiger partial charge < -0.3 is 5.11 Å². The van der Waals surface area contributed by atoms with Crippen LogP contribution in [-0.4, -0.2) is 77.2 Å². The predicted octanol–water partition coefficient (Wildman–Crippen LogP) is 6.98. The minimum atomic E-state index is -8.39. The third-order valence-corrected chi connectivity index (χ3v) is 3.86. The van der Waals surface area contributed by atoms with E-state index in [4.69, 9.17) is 5.11 Å². The SMILES string of the molecule is O=C(O)C(F)(F)OC(F)(F)C(F)(F)OC(F)(F)C(F)(F)OC(F)(F)C(F)(OC(F)(F)C(F)(Cl)C(F)(F)F)C(F)(F)F. The molecular weight excluding hydrogens is 694 g/mol. The Morgan fingerprint density at radius 2 is 0.732 bits per heavy atom. The summed E-state index contributed by atoms with van der Waals surface area (Å²) in [5, 5.41) is 0.558. The fourth-order valence-electron chi connectivity index (χ4n) is 1.52. The molecule has 0 amide bonds. The molecule has 0 spiro atoms. The minimum absolute atomic E-state index is 1.12. The molecule has 41 heavy (non-hydrogen) atoms. The van der Waals surface area contributed by atoms with E-state index in [1.165, 1.54) is 9.47 Å². The number of hydrogen-bond donors (Lipinski definition) is 1. The van der Waals surface area contributed by atoms with Crippen molar-refractivity contribution in [3.05, 3.63) is 0 Å². The highest BCUT2D eigenvalue weighted by Crippen LogP contribution is 2.58. The fourth-order valence-corrected chi connectivity index (χ4v) is 1.56. The van der Waals surface area contributed by atoms with Crippen LogP contribution in [0.4, 0.5) is 96.6 Å². The molecule has 0 saturated heterocycles. The average molecular weight is 695 g/mol. The first-order chi connectivity index (χ1) is 17.3. The molecule has 2 atom stereocenters. The fraction of sp³-hybridized carbons (Fsp3) is 0.917. The van der Waals surface area contributed by atoms with Gasteiger partial charge in [0.2, 0.25) is 0 Å². The molecule has 2 unspecified atom stereocenters. The number of hydrogen-bond acceptors (Lipinski definition) is 5. The third-order valence-electron chi connectivity index (χ3n) is 3.43. The van der Waals surface area contributed by atoms with E-state index in [1.54, 1.807) is 4.74 Å². The molecule has 29 heteroatoms. The van der Waals surface area contributed by atoms with E-state index in [0.717, 1.165) is 4.74 Å². The van der Waals surface area contributed by atoms with Crippen LogP contribution in [-0.2, 0) is 23.7 Å². The molecule has 0 fully saturated rings. The standard InChI is InChI=1S/C12HClF22O6/c13-3(16,5(18,19)20)7(24,25)39-4(17,6(21,22)23)8(26,27)40-11(32,33)12(34,35)41-10(30,31)9(28,29)38-2(14,15)1(36)37/h(H,36,37). The number of rotatable bonds is 13. The van der Waals surface area contributed by atoms with Crippen molar-refractivity contribution in [3.8, 4) is 0 Å². The summed E-state index contributed by atoms with van der Waals surface area (Å²) in [6.45, 7) is 0. The molecule has 246 valence electrons. The molecule has 0 rings (SSSR count).